The number of piperidine rings is 1. The first-order valence-electron chi connectivity index (χ1n) is 9.37. The summed E-state index contributed by atoms with van der Waals surface area (Å²) in [4.78, 5) is 7.21. The number of oxazole rings is 1. The van der Waals surface area contributed by atoms with Crippen molar-refractivity contribution in [3.05, 3.63) is 23.6 Å². The number of hydrogen-bond donors (Lipinski definition) is 0. The van der Waals surface area contributed by atoms with Gasteiger partial charge in [-0.15, -0.1) is 0 Å². The Kier molecular flexibility index (Phi) is 5.22. The minimum absolute atomic E-state index is 0.195. The van der Waals surface area contributed by atoms with Crippen LogP contribution in [0.15, 0.2) is 16.5 Å². The molecule has 7 nitrogen and oxygen atoms in total. The van der Waals surface area contributed by atoms with E-state index in [1.165, 1.54) is 12.8 Å². The van der Waals surface area contributed by atoms with Crippen molar-refractivity contribution in [2.75, 3.05) is 34.2 Å². The largest absolute Gasteiger partial charge is 0.493 e. The lowest BCUT2D eigenvalue weighted by Gasteiger charge is -2.34. The molecule has 4 rings (SSSR count). The molecule has 0 bridgehead atoms. The van der Waals surface area contributed by atoms with E-state index in [0.29, 0.717) is 29.2 Å². The summed E-state index contributed by atoms with van der Waals surface area (Å²) in [5.74, 6) is 3.30. The molecule has 1 fully saturated rings. The Hall–Kier alpha value is -2.25. The molecule has 1 aromatic heterocycles. The fraction of sp³-hybridized carbons (Fsp3) is 0.550. The molecule has 0 amide bonds. The Labute approximate surface area is 159 Å². The molecule has 7 heteroatoms. The molecule has 0 aliphatic carbocycles. The summed E-state index contributed by atoms with van der Waals surface area (Å²) in [7, 11) is 3.37. The molecule has 1 aromatic carbocycles. The highest BCUT2D eigenvalue weighted by molar-refractivity contribution is 5.66. The first-order valence-corrected chi connectivity index (χ1v) is 9.37. The molecule has 0 N–H and O–H groups in total. The first kappa shape index (κ1) is 18.1. The van der Waals surface area contributed by atoms with Crippen LogP contribution in [0.3, 0.4) is 0 Å². The minimum Gasteiger partial charge on any atom is -0.493 e. The highest BCUT2D eigenvalue weighted by Gasteiger charge is 2.26. The summed E-state index contributed by atoms with van der Waals surface area (Å²) in [5.41, 5.74) is 1.78. The van der Waals surface area contributed by atoms with Crippen LogP contribution in [0.5, 0.6) is 17.2 Å². The van der Waals surface area contributed by atoms with Crippen LogP contribution >= 0.6 is 0 Å². The van der Waals surface area contributed by atoms with E-state index in [2.05, 4.69) is 4.90 Å². The molecule has 2 aliphatic heterocycles. The van der Waals surface area contributed by atoms with Gasteiger partial charge in [0.25, 0.3) is 0 Å². The summed E-state index contributed by atoms with van der Waals surface area (Å²) in [6.45, 7) is 4.74. The third-order valence-electron chi connectivity index (χ3n) is 5.26. The average molecular weight is 374 g/mol. The van der Waals surface area contributed by atoms with E-state index >= 15 is 0 Å². The molecule has 2 aromatic rings. The molecular weight excluding hydrogens is 348 g/mol. The van der Waals surface area contributed by atoms with E-state index in [1.54, 1.807) is 14.2 Å². The summed E-state index contributed by atoms with van der Waals surface area (Å²) >= 11 is 0. The summed E-state index contributed by atoms with van der Waals surface area (Å²) < 4.78 is 27.8. The van der Waals surface area contributed by atoms with Crippen molar-refractivity contribution < 1.29 is 23.4 Å². The van der Waals surface area contributed by atoms with Gasteiger partial charge in [-0.1, -0.05) is 6.42 Å². The van der Waals surface area contributed by atoms with E-state index in [1.807, 2.05) is 19.1 Å². The molecule has 27 heavy (non-hydrogen) atoms. The molecule has 0 radical (unpaired) electrons. The topological polar surface area (TPSA) is 66.2 Å². The second-order valence-corrected chi connectivity index (χ2v) is 7.01. The van der Waals surface area contributed by atoms with Gasteiger partial charge in [-0.3, -0.25) is 4.90 Å². The Bertz CT molecular complexity index is 802. The average Bonchev–Trinajstić information content (AvgIpc) is 3.29. The van der Waals surface area contributed by atoms with Crippen molar-refractivity contribution in [2.45, 2.75) is 38.8 Å². The predicted octanol–water partition coefficient (Wildman–Crippen LogP) is 3.39. The van der Waals surface area contributed by atoms with Crippen LogP contribution in [-0.4, -0.2) is 50.1 Å². The quantitative estimate of drug-likeness (QED) is 0.768. The Balaban J connectivity index is 1.58. The molecule has 0 spiro atoms. The fourth-order valence-corrected chi connectivity index (χ4v) is 3.79. The summed E-state index contributed by atoms with van der Waals surface area (Å²) in [6.07, 6.45) is 3.63. The van der Waals surface area contributed by atoms with Crippen molar-refractivity contribution >= 4 is 0 Å². The van der Waals surface area contributed by atoms with Crippen LogP contribution in [0, 0.1) is 6.92 Å². The van der Waals surface area contributed by atoms with Gasteiger partial charge in [0.05, 0.1) is 19.4 Å². The smallest absolute Gasteiger partial charge is 0.231 e. The van der Waals surface area contributed by atoms with E-state index in [-0.39, 0.29) is 6.79 Å². The number of nitrogens with zero attached hydrogens (tertiary/aromatic N) is 2. The van der Waals surface area contributed by atoms with Crippen LogP contribution in [0.1, 0.15) is 30.7 Å². The second-order valence-electron chi connectivity index (χ2n) is 7.01. The zero-order valence-electron chi connectivity index (χ0n) is 16.1. The van der Waals surface area contributed by atoms with Gasteiger partial charge in [0.2, 0.25) is 18.4 Å². The maximum absolute atomic E-state index is 5.98. The van der Waals surface area contributed by atoms with Crippen molar-refractivity contribution in [1.82, 2.24) is 9.88 Å². The lowest BCUT2D eigenvalue weighted by molar-refractivity contribution is 0.0590. The van der Waals surface area contributed by atoms with Gasteiger partial charge < -0.3 is 23.4 Å². The van der Waals surface area contributed by atoms with Gasteiger partial charge in [0.1, 0.15) is 5.76 Å². The fourth-order valence-electron chi connectivity index (χ4n) is 3.79. The van der Waals surface area contributed by atoms with Crippen molar-refractivity contribution in [1.29, 1.82) is 0 Å². The zero-order valence-corrected chi connectivity index (χ0v) is 16.1. The third kappa shape index (κ3) is 3.61. The molecule has 1 unspecified atom stereocenters. The van der Waals surface area contributed by atoms with Gasteiger partial charge in [0.15, 0.2) is 11.5 Å². The van der Waals surface area contributed by atoms with E-state index < -0.39 is 0 Å². The van der Waals surface area contributed by atoms with Gasteiger partial charge in [0, 0.05) is 25.3 Å². The van der Waals surface area contributed by atoms with E-state index in [0.717, 1.165) is 43.1 Å². The molecule has 0 saturated carbocycles. The van der Waals surface area contributed by atoms with Gasteiger partial charge in [-0.05, 0) is 38.4 Å². The lowest BCUT2D eigenvalue weighted by atomic mass is 10.0. The monoisotopic (exact) mass is 374 g/mol. The van der Waals surface area contributed by atoms with Crippen LogP contribution in [0.2, 0.25) is 0 Å². The molecule has 1 atom stereocenters. The van der Waals surface area contributed by atoms with Crippen LogP contribution in [-0.2, 0) is 11.3 Å². The number of likely N-dealkylation sites (tertiary alicyclic amines) is 1. The van der Waals surface area contributed by atoms with Crippen molar-refractivity contribution in [2.24, 2.45) is 0 Å². The highest BCUT2D eigenvalue weighted by Crippen LogP contribution is 2.44. The molecule has 2 aliphatic rings. The van der Waals surface area contributed by atoms with Gasteiger partial charge >= 0.3 is 0 Å². The van der Waals surface area contributed by atoms with E-state index in [4.69, 9.17) is 28.3 Å². The maximum Gasteiger partial charge on any atom is 0.231 e. The lowest BCUT2D eigenvalue weighted by Crippen LogP contribution is -2.41. The van der Waals surface area contributed by atoms with Crippen LogP contribution in [0.25, 0.3) is 11.5 Å². The number of methoxy groups -OCH3 is 2. The standard InChI is InChI=1S/C20H26N2O5/c1-13-16(10-22-7-5-4-6-15(22)11-23-2)21-20(27-13)14-8-17(24-3)19-18(9-14)25-12-26-19/h8-9,15H,4-7,10-12H2,1-3H3. The number of ether oxygens (including phenoxy) is 4. The van der Waals surface area contributed by atoms with Gasteiger partial charge in [-0.25, -0.2) is 4.98 Å². The Morgan fingerprint density at radius 3 is 2.93 bits per heavy atom. The Morgan fingerprint density at radius 2 is 2.11 bits per heavy atom. The number of aryl methyl sites for hydroxylation is 1. The zero-order chi connectivity index (χ0) is 18.8. The number of hydrogen-bond acceptors (Lipinski definition) is 7. The van der Waals surface area contributed by atoms with Crippen LogP contribution < -0.4 is 14.2 Å². The molecule has 3 heterocycles. The maximum atomic E-state index is 5.98. The number of aromatic nitrogens is 1. The SMILES string of the molecule is COCC1CCCCN1Cc1nc(-c2cc(OC)c3c(c2)OCO3)oc1C. The highest BCUT2D eigenvalue weighted by atomic mass is 16.7. The number of fused-ring (bicyclic) bond motifs is 1. The molecule has 1 saturated heterocycles. The van der Waals surface area contributed by atoms with Crippen molar-refractivity contribution in [3.8, 4) is 28.7 Å². The molecular formula is C20H26N2O5. The second kappa shape index (κ2) is 7.78. The van der Waals surface area contributed by atoms with Gasteiger partial charge in [-0.2, -0.15) is 0 Å². The first-order chi connectivity index (χ1) is 13.2. The number of rotatable bonds is 6. The minimum atomic E-state index is 0.195. The summed E-state index contributed by atoms with van der Waals surface area (Å²) in [5, 5.41) is 0. The third-order valence-corrected chi connectivity index (χ3v) is 5.26. The van der Waals surface area contributed by atoms with Crippen LogP contribution in [0.4, 0.5) is 0 Å². The van der Waals surface area contributed by atoms with Crippen molar-refractivity contribution in [3.63, 3.8) is 0 Å². The Morgan fingerprint density at radius 1 is 1.22 bits per heavy atom. The normalized spacial score (nSPS) is 19.4. The molecule has 146 valence electrons. The number of benzene rings is 1. The predicted molar refractivity (Wildman–Crippen MR) is 99.3 cm³/mol. The summed E-state index contributed by atoms with van der Waals surface area (Å²) in [6, 6.07) is 4.19. The van der Waals surface area contributed by atoms with E-state index in [9.17, 15) is 0 Å².